The zero-order valence-electron chi connectivity index (χ0n) is 21.2. The number of anilines is 4. The number of ether oxygens (including phenoxy) is 1. The molecule has 0 aliphatic heterocycles. The topological polar surface area (TPSA) is 139 Å². The maximum absolute atomic E-state index is 12.8. The number of rotatable bonds is 10. The maximum atomic E-state index is 12.8. The first kappa shape index (κ1) is 27.0. The fraction of sp³-hybridized carbons (Fsp3) is 0.259. The molecule has 0 saturated carbocycles. The first-order chi connectivity index (χ1) is 17.8. The highest BCUT2D eigenvalue weighted by Gasteiger charge is 2.19. The lowest BCUT2D eigenvalue weighted by Gasteiger charge is -2.20. The van der Waals surface area contributed by atoms with E-state index < -0.39 is 18.0 Å². The van der Waals surface area contributed by atoms with Gasteiger partial charge in [0, 0.05) is 38.1 Å². The summed E-state index contributed by atoms with van der Waals surface area (Å²) in [5.74, 6) is -0.780. The standard InChI is InChI=1S/C27H32N6O4/c1-4-37-25(34)16-15-22(32-27(36)30-19-10-12-20(13-11-19)33(2)3)18-9-14-24(29-17-18)26(35)31-23-8-6-5-7-21(23)28/h5-14,17,22H,4,15-16,28H2,1-3H3,(H,31,35)(H2,30,32,36). The van der Waals surface area contributed by atoms with E-state index in [4.69, 9.17) is 10.5 Å². The highest BCUT2D eigenvalue weighted by Crippen LogP contribution is 2.21. The molecule has 0 bridgehead atoms. The zero-order chi connectivity index (χ0) is 26.8. The minimum Gasteiger partial charge on any atom is -0.466 e. The van der Waals surface area contributed by atoms with Crippen LogP contribution in [0, 0.1) is 0 Å². The summed E-state index contributed by atoms with van der Waals surface area (Å²) in [6.45, 7) is 2.01. The van der Waals surface area contributed by atoms with Crippen molar-refractivity contribution in [1.82, 2.24) is 10.3 Å². The van der Waals surface area contributed by atoms with Gasteiger partial charge in [-0.1, -0.05) is 18.2 Å². The number of nitrogens with one attached hydrogen (secondary N) is 3. The summed E-state index contributed by atoms with van der Waals surface area (Å²) < 4.78 is 5.03. The molecule has 0 fully saturated rings. The fourth-order valence-electron chi connectivity index (χ4n) is 3.53. The number of para-hydroxylation sites is 2. The quantitative estimate of drug-likeness (QED) is 0.240. The summed E-state index contributed by atoms with van der Waals surface area (Å²) in [6, 6.07) is 16.6. The van der Waals surface area contributed by atoms with Gasteiger partial charge in [-0.05, 0) is 61.4 Å². The maximum Gasteiger partial charge on any atom is 0.319 e. The minimum absolute atomic E-state index is 0.103. The lowest BCUT2D eigenvalue weighted by Crippen LogP contribution is -2.33. The number of amides is 3. The molecule has 1 heterocycles. The van der Waals surface area contributed by atoms with Crippen LogP contribution in [0.2, 0.25) is 0 Å². The SMILES string of the molecule is CCOC(=O)CCC(NC(=O)Nc1ccc(N(C)C)cc1)c1ccc(C(=O)Nc2ccccc2N)nc1. The Morgan fingerprint density at radius 3 is 2.35 bits per heavy atom. The molecule has 0 aliphatic carbocycles. The van der Waals surface area contributed by atoms with Crippen LogP contribution in [0.5, 0.6) is 0 Å². The number of pyridine rings is 1. The van der Waals surface area contributed by atoms with Gasteiger partial charge >= 0.3 is 12.0 Å². The highest BCUT2D eigenvalue weighted by molar-refractivity contribution is 6.04. The monoisotopic (exact) mass is 504 g/mol. The number of carbonyl (C=O) groups excluding carboxylic acids is 3. The molecule has 2 aromatic carbocycles. The number of urea groups is 1. The lowest BCUT2D eigenvalue weighted by atomic mass is 10.0. The zero-order valence-corrected chi connectivity index (χ0v) is 21.2. The van der Waals surface area contributed by atoms with Gasteiger partial charge < -0.3 is 31.3 Å². The Bertz CT molecular complexity index is 1210. The summed E-state index contributed by atoms with van der Waals surface area (Å²) in [5.41, 5.74) is 9.27. The van der Waals surface area contributed by atoms with E-state index in [0.717, 1.165) is 5.69 Å². The molecule has 5 N–H and O–H groups in total. The first-order valence-electron chi connectivity index (χ1n) is 11.9. The second-order valence-electron chi connectivity index (χ2n) is 8.45. The molecule has 3 amide bonds. The van der Waals surface area contributed by atoms with Crippen LogP contribution in [0.3, 0.4) is 0 Å². The van der Waals surface area contributed by atoms with Crippen molar-refractivity contribution >= 4 is 40.7 Å². The average molecular weight is 505 g/mol. The molecule has 1 atom stereocenters. The molecule has 37 heavy (non-hydrogen) atoms. The summed E-state index contributed by atoms with van der Waals surface area (Å²) in [4.78, 5) is 43.5. The van der Waals surface area contributed by atoms with Gasteiger partial charge in [0.1, 0.15) is 5.69 Å². The van der Waals surface area contributed by atoms with Crippen LogP contribution in [0.4, 0.5) is 27.5 Å². The largest absolute Gasteiger partial charge is 0.466 e. The van der Waals surface area contributed by atoms with Gasteiger partial charge in [-0.3, -0.25) is 14.6 Å². The molecule has 1 unspecified atom stereocenters. The number of nitrogens with two attached hydrogens (primary N) is 1. The highest BCUT2D eigenvalue weighted by atomic mass is 16.5. The van der Waals surface area contributed by atoms with Crippen molar-refractivity contribution in [1.29, 1.82) is 0 Å². The molecule has 0 spiro atoms. The fourth-order valence-corrected chi connectivity index (χ4v) is 3.53. The Hall–Kier alpha value is -4.60. The van der Waals surface area contributed by atoms with Gasteiger partial charge in [0.05, 0.1) is 24.0 Å². The predicted molar refractivity (Wildman–Crippen MR) is 145 cm³/mol. The number of hydrogen-bond donors (Lipinski definition) is 4. The van der Waals surface area contributed by atoms with Crippen molar-refractivity contribution < 1.29 is 19.1 Å². The Morgan fingerprint density at radius 2 is 1.73 bits per heavy atom. The molecule has 10 nitrogen and oxygen atoms in total. The number of hydrogen-bond acceptors (Lipinski definition) is 7. The van der Waals surface area contributed by atoms with E-state index in [2.05, 4.69) is 20.9 Å². The van der Waals surface area contributed by atoms with Crippen LogP contribution in [0.25, 0.3) is 0 Å². The van der Waals surface area contributed by atoms with Gasteiger partial charge in [-0.25, -0.2) is 4.79 Å². The Labute approximate surface area is 216 Å². The molecule has 10 heteroatoms. The van der Waals surface area contributed by atoms with Gasteiger partial charge in [-0.2, -0.15) is 0 Å². The van der Waals surface area contributed by atoms with Crippen LogP contribution in [-0.2, 0) is 9.53 Å². The van der Waals surface area contributed by atoms with Crippen molar-refractivity contribution in [3.8, 4) is 0 Å². The van der Waals surface area contributed by atoms with E-state index in [1.54, 1.807) is 55.5 Å². The minimum atomic E-state index is -0.542. The van der Waals surface area contributed by atoms with E-state index in [1.807, 2.05) is 31.1 Å². The van der Waals surface area contributed by atoms with Gasteiger partial charge in [-0.15, -0.1) is 0 Å². The molecule has 0 radical (unpaired) electrons. The Kier molecular flexibility index (Phi) is 9.42. The van der Waals surface area contributed by atoms with E-state index in [1.165, 1.54) is 6.20 Å². The summed E-state index contributed by atoms with van der Waals surface area (Å²) in [5, 5.41) is 8.42. The van der Waals surface area contributed by atoms with Crippen LogP contribution in [0.15, 0.2) is 66.9 Å². The number of aromatic nitrogens is 1. The summed E-state index contributed by atoms with van der Waals surface area (Å²) in [7, 11) is 3.87. The molecular formula is C27H32N6O4. The Morgan fingerprint density at radius 1 is 1.00 bits per heavy atom. The van der Waals surface area contributed by atoms with E-state index >= 15 is 0 Å². The van der Waals surface area contributed by atoms with Crippen molar-refractivity contribution in [2.24, 2.45) is 0 Å². The van der Waals surface area contributed by atoms with Crippen LogP contribution < -0.4 is 26.6 Å². The molecule has 1 aromatic heterocycles. The number of esters is 1. The van der Waals surface area contributed by atoms with E-state index in [9.17, 15) is 14.4 Å². The summed E-state index contributed by atoms with van der Waals surface area (Å²) in [6.07, 6.45) is 1.90. The number of carbonyl (C=O) groups is 3. The number of benzene rings is 2. The molecule has 0 saturated heterocycles. The third-order valence-electron chi connectivity index (χ3n) is 5.52. The molecule has 3 rings (SSSR count). The van der Waals surface area contributed by atoms with Crippen LogP contribution in [0.1, 0.15) is 41.9 Å². The van der Waals surface area contributed by atoms with Gasteiger partial charge in [0.15, 0.2) is 0 Å². The van der Waals surface area contributed by atoms with Crippen molar-refractivity contribution in [2.45, 2.75) is 25.8 Å². The first-order valence-corrected chi connectivity index (χ1v) is 11.9. The third-order valence-corrected chi connectivity index (χ3v) is 5.52. The van der Waals surface area contributed by atoms with Crippen molar-refractivity contribution in [2.75, 3.05) is 42.0 Å². The van der Waals surface area contributed by atoms with Crippen molar-refractivity contribution in [3.05, 3.63) is 78.1 Å². The smallest absolute Gasteiger partial charge is 0.319 e. The van der Waals surface area contributed by atoms with Crippen molar-refractivity contribution in [3.63, 3.8) is 0 Å². The van der Waals surface area contributed by atoms with E-state index in [-0.39, 0.29) is 24.7 Å². The summed E-state index contributed by atoms with van der Waals surface area (Å²) >= 11 is 0. The lowest BCUT2D eigenvalue weighted by molar-refractivity contribution is -0.143. The molecule has 0 aliphatic rings. The van der Waals surface area contributed by atoms with Crippen LogP contribution in [-0.4, -0.2) is 43.6 Å². The second-order valence-corrected chi connectivity index (χ2v) is 8.45. The third kappa shape index (κ3) is 7.96. The number of nitrogens with zero attached hydrogens (tertiary/aromatic N) is 2. The average Bonchev–Trinajstić information content (AvgIpc) is 2.88. The molecule has 3 aromatic rings. The predicted octanol–water partition coefficient (Wildman–Crippen LogP) is 4.19. The van der Waals surface area contributed by atoms with Gasteiger partial charge in [0.2, 0.25) is 0 Å². The normalized spacial score (nSPS) is 11.2. The van der Waals surface area contributed by atoms with Gasteiger partial charge in [0.25, 0.3) is 5.91 Å². The van der Waals surface area contributed by atoms with E-state index in [0.29, 0.717) is 29.0 Å². The second kappa shape index (κ2) is 12.9. The number of nitrogen functional groups attached to an aromatic ring is 1. The molecular weight excluding hydrogens is 472 g/mol. The molecule has 194 valence electrons. The van der Waals surface area contributed by atoms with Crippen LogP contribution >= 0.6 is 0 Å². The Balaban J connectivity index is 1.70.